The van der Waals surface area contributed by atoms with Gasteiger partial charge in [0, 0.05) is 34.9 Å². The van der Waals surface area contributed by atoms with Crippen molar-refractivity contribution in [1.29, 1.82) is 0 Å². The number of rotatable bonds is 5. The van der Waals surface area contributed by atoms with Gasteiger partial charge in [-0.2, -0.15) is 13.2 Å². The number of hydrogen-bond acceptors (Lipinski definition) is 5. The normalized spacial score (nSPS) is 12.6. The highest BCUT2D eigenvalue weighted by atomic mass is 32.2. The van der Waals surface area contributed by atoms with Gasteiger partial charge in [0.2, 0.25) is 5.91 Å². The lowest BCUT2D eigenvalue weighted by atomic mass is 10.1. The van der Waals surface area contributed by atoms with E-state index in [-0.39, 0.29) is 12.3 Å². The SMILES string of the molecule is CN(C)CCC(=O)N1c2ccccc2Sc2ccc(C(F)(F)F)cc21.O=C(O)C=CC(=O)O. The Morgan fingerprint density at radius 2 is 1.55 bits per heavy atom. The van der Waals surface area contributed by atoms with Crippen molar-refractivity contribution >= 4 is 41.0 Å². The summed E-state index contributed by atoms with van der Waals surface area (Å²) in [7, 11) is 3.70. The average Bonchev–Trinajstić information content (AvgIpc) is 2.73. The monoisotopic (exact) mass is 482 g/mol. The molecule has 0 unspecified atom stereocenters. The van der Waals surface area contributed by atoms with Gasteiger partial charge in [0.15, 0.2) is 0 Å². The third kappa shape index (κ3) is 7.36. The first kappa shape index (κ1) is 25.9. The third-order valence-corrected chi connectivity index (χ3v) is 5.37. The van der Waals surface area contributed by atoms with E-state index >= 15 is 0 Å². The molecular formula is C22H21F3N2O5S. The summed E-state index contributed by atoms with van der Waals surface area (Å²) < 4.78 is 39.4. The van der Waals surface area contributed by atoms with Crippen LogP contribution in [0.25, 0.3) is 0 Å². The van der Waals surface area contributed by atoms with Gasteiger partial charge in [-0.25, -0.2) is 9.59 Å². The minimum Gasteiger partial charge on any atom is -0.478 e. The molecule has 1 heterocycles. The maximum absolute atomic E-state index is 13.1. The molecule has 1 aliphatic heterocycles. The minimum absolute atomic E-state index is 0.220. The molecule has 0 aromatic heterocycles. The Bertz CT molecular complexity index is 1050. The van der Waals surface area contributed by atoms with E-state index in [0.29, 0.717) is 35.0 Å². The largest absolute Gasteiger partial charge is 0.478 e. The van der Waals surface area contributed by atoms with Crippen molar-refractivity contribution < 1.29 is 37.8 Å². The maximum atomic E-state index is 13.1. The summed E-state index contributed by atoms with van der Waals surface area (Å²) in [5, 5.41) is 15.6. The number of carbonyl (C=O) groups is 3. The van der Waals surface area contributed by atoms with Gasteiger partial charge >= 0.3 is 18.1 Å². The number of nitrogens with zero attached hydrogens (tertiary/aromatic N) is 2. The van der Waals surface area contributed by atoms with Crippen molar-refractivity contribution in [1.82, 2.24) is 4.90 Å². The van der Waals surface area contributed by atoms with Crippen molar-refractivity contribution in [3.8, 4) is 0 Å². The summed E-state index contributed by atoms with van der Waals surface area (Å²) in [4.78, 5) is 36.7. The highest BCUT2D eigenvalue weighted by Crippen LogP contribution is 2.49. The van der Waals surface area contributed by atoms with Gasteiger partial charge in [0.05, 0.1) is 16.9 Å². The lowest BCUT2D eigenvalue weighted by molar-refractivity contribution is -0.137. The lowest BCUT2D eigenvalue weighted by Crippen LogP contribution is -2.31. The van der Waals surface area contributed by atoms with Gasteiger partial charge in [-0.15, -0.1) is 0 Å². The lowest BCUT2D eigenvalue weighted by Gasteiger charge is -2.32. The number of carbonyl (C=O) groups excluding carboxylic acids is 1. The standard InChI is InChI=1S/C18H17F3N2OS.C4H4O4/c1-22(2)10-9-17(24)23-13-5-3-4-6-15(13)25-16-8-7-12(11-14(16)23)18(19,20)21;5-3(6)1-2-4(7)8/h3-8,11H,9-10H2,1-2H3;1-2H,(H,5,6)(H,7,8). The molecule has 7 nitrogen and oxygen atoms in total. The molecule has 0 spiro atoms. The zero-order chi connectivity index (χ0) is 24.8. The summed E-state index contributed by atoms with van der Waals surface area (Å²) in [6.45, 7) is 0.527. The molecular weight excluding hydrogens is 461 g/mol. The number of hydrogen-bond donors (Lipinski definition) is 2. The zero-order valence-corrected chi connectivity index (χ0v) is 18.5. The van der Waals surface area contributed by atoms with Crippen molar-refractivity contribution in [2.24, 2.45) is 0 Å². The van der Waals surface area contributed by atoms with Crippen molar-refractivity contribution in [2.45, 2.75) is 22.4 Å². The van der Waals surface area contributed by atoms with Crippen LogP contribution in [0.1, 0.15) is 12.0 Å². The molecule has 0 bridgehead atoms. The fourth-order valence-electron chi connectivity index (χ4n) is 2.77. The Labute approximate surface area is 192 Å². The Kier molecular flexibility index (Phi) is 8.66. The number of alkyl halides is 3. The van der Waals surface area contributed by atoms with Gasteiger partial charge in [-0.3, -0.25) is 9.69 Å². The molecule has 1 amide bonds. The molecule has 2 aromatic rings. The number of halogens is 3. The van der Waals surface area contributed by atoms with Crippen LogP contribution in [0, 0.1) is 0 Å². The quantitative estimate of drug-likeness (QED) is 0.606. The van der Waals surface area contributed by atoms with Crippen LogP contribution >= 0.6 is 11.8 Å². The summed E-state index contributed by atoms with van der Waals surface area (Å²) in [5.74, 6) is -2.73. The second kappa shape index (κ2) is 11.0. The molecule has 176 valence electrons. The van der Waals surface area contributed by atoms with Crippen LogP contribution in [0.15, 0.2) is 64.4 Å². The number of benzene rings is 2. The van der Waals surface area contributed by atoms with Gasteiger partial charge in [0.1, 0.15) is 0 Å². The third-order valence-electron chi connectivity index (χ3n) is 4.24. The van der Waals surface area contributed by atoms with Crippen LogP contribution in [0.5, 0.6) is 0 Å². The number of carboxylic acid groups (broad SMARTS) is 2. The molecule has 2 N–H and O–H groups in total. The molecule has 0 aliphatic carbocycles. The molecule has 33 heavy (non-hydrogen) atoms. The number of para-hydroxylation sites is 1. The maximum Gasteiger partial charge on any atom is 0.416 e. The summed E-state index contributed by atoms with van der Waals surface area (Å²) in [5.41, 5.74) is 0.169. The first-order valence-electron chi connectivity index (χ1n) is 9.50. The fraction of sp³-hybridized carbons (Fsp3) is 0.227. The number of anilines is 2. The molecule has 0 radical (unpaired) electrons. The first-order chi connectivity index (χ1) is 15.4. The minimum atomic E-state index is -4.45. The molecule has 11 heteroatoms. The number of aliphatic carboxylic acids is 2. The van der Waals surface area contributed by atoms with E-state index in [1.54, 1.807) is 12.1 Å². The van der Waals surface area contributed by atoms with E-state index < -0.39 is 23.7 Å². The van der Waals surface area contributed by atoms with Crippen LogP contribution in [0.2, 0.25) is 0 Å². The van der Waals surface area contributed by atoms with Crippen molar-refractivity contribution in [3.05, 3.63) is 60.2 Å². The first-order valence-corrected chi connectivity index (χ1v) is 10.3. The highest BCUT2D eigenvalue weighted by molar-refractivity contribution is 7.99. The van der Waals surface area contributed by atoms with Gasteiger partial charge in [-0.1, -0.05) is 23.9 Å². The van der Waals surface area contributed by atoms with Crippen LogP contribution in [0.3, 0.4) is 0 Å². The molecule has 2 aromatic carbocycles. The molecule has 0 fully saturated rings. The summed E-state index contributed by atoms with van der Waals surface area (Å²) in [6, 6.07) is 10.8. The number of amides is 1. The predicted molar refractivity (Wildman–Crippen MR) is 117 cm³/mol. The van der Waals surface area contributed by atoms with E-state index in [1.165, 1.54) is 22.7 Å². The second-order valence-corrected chi connectivity index (χ2v) is 8.13. The molecule has 0 saturated heterocycles. The summed E-state index contributed by atoms with van der Waals surface area (Å²) in [6.07, 6.45) is -3.11. The van der Waals surface area contributed by atoms with Gasteiger partial charge in [0.25, 0.3) is 0 Å². The molecule has 1 aliphatic rings. The Morgan fingerprint density at radius 1 is 0.970 bits per heavy atom. The van der Waals surface area contributed by atoms with Crippen molar-refractivity contribution in [3.63, 3.8) is 0 Å². The van der Waals surface area contributed by atoms with Gasteiger partial charge in [-0.05, 0) is 44.4 Å². The van der Waals surface area contributed by atoms with E-state index in [4.69, 9.17) is 10.2 Å². The fourth-order valence-corrected chi connectivity index (χ4v) is 3.81. The zero-order valence-electron chi connectivity index (χ0n) is 17.7. The molecule has 0 atom stereocenters. The van der Waals surface area contributed by atoms with E-state index in [9.17, 15) is 27.6 Å². The predicted octanol–water partition coefficient (Wildman–Crippen LogP) is 4.50. The van der Waals surface area contributed by atoms with E-state index in [1.807, 2.05) is 31.1 Å². The van der Waals surface area contributed by atoms with E-state index in [2.05, 4.69) is 0 Å². The highest BCUT2D eigenvalue weighted by Gasteiger charge is 2.34. The topological polar surface area (TPSA) is 98.2 Å². The smallest absolute Gasteiger partial charge is 0.416 e. The summed E-state index contributed by atoms with van der Waals surface area (Å²) >= 11 is 1.38. The van der Waals surface area contributed by atoms with Gasteiger partial charge < -0.3 is 15.1 Å². The Hall–Kier alpha value is -3.31. The Balaban J connectivity index is 0.000000414. The van der Waals surface area contributed by atoms with E-state index in [0.717, 1.165) is 17.0 Å². The average molecular weight is 482 g/mol. The Morgan fingerprint density at radius 3 is 2.09 bits per heavy atom. The second-order valence-electron chi connectivity index (χ2n) is 7.04. The number of carboxylic acids is 2. The number of fused-ring (bicyclic) bond motifs is 2. The van der Waals surface area contributed by atoms with Crippen molar-refractivity contribution in [2.75, 3.05) is 25.5 Å². The van der Waals surface area contributed by atoms with Crippen LogP contribution in [0.4, 0.5) is 24.5 Å². The van der Waals surface area contributed by atoms with Crippen LogP contribution < -0.4 is 4.90 Å². The molecule has 0 saturated carbocycles. The molecule has 3 rings (SSSR count). The van der Waals surface area contributed by atoms with Crippen LogP contribution in [-0.4, -0.2) is 53.6 Å². The van der Waals surface area contributed by atoms with Crippen LogP contribution in [-0.2, 0) is 20.6 Å².